The topological polar surface area (TPSA) is 146 Å². The summed E-state index contributed by atoms with van der Waals surface area (Å²) < 4.78 is 23.0. The number of carbonyl (C=O) groups excluding carboxylic acids is 5. The van der Waals surface area contributed by atoms with Gasteiger partial charge in [0.15, 0.2) is 28.6 Å². The summed E-state index contributed by atoms with van der Waals surface area (Å²) in [6.07, 6.45) is -0.863. The van der Waals surface area contributed by atoms with Crippen LogP contribution in [0.4, 0.5) is 0 Å². The number of nitrogens with one attached hydrogen (secondary N) is 2. The summed E-state index contributed by atoms with van der Waals surface area (Å²) in [5, 5.41) is 5.56. The highest BCUT2D eigenvalue weighted by molar-refractivity contribution is 7.15. The van der Waals surface area contributed by atoms with E-state index in [9.17, 15) is 24.0 Å². The number of esters is 2. The number of amides is 2. The van der Waals surface area contributed by atoms with Crippen LogP contribution in [-0.4, -0.2) is 76.2 Å². The normalized spacial score (nSPS) is 22.6. The van der Waals surface area contributed by atoms with E-state index in [1.807, 2.05) is 13.8 Å². The number of hydrogen-bond donors (Lipinski definition) is 2. The third-order valence-electron chi connectivity index (χ3n) is 9.74. The first-order valence-corrected chi connectivity index (χ1v) is 23.6. The average molecular weight is 741 g/mol. The van der Waals surface area contributed by atoms with Crippen LogP contribution in [0.15, 0.2) is 12.1 Å². The van der Waals surface area contributed by atoms with E-state index in [-0.39, 0.29) is 58.3 Å². The molecule has 2 aliphatic rings. The van der Waals surface area contributed by atoms with Gasteiger partial charge in [0.2, 0.25) is 11.8 Å². The molecule has 1 aromatic heterocycles. The average Bonchev–Trinajstić information content (AvgIpc) is 3.35. The molecule has 278 valence electrons. The lowest BCUT2D eigenvalue weighted by molar-refractivity contribution is -0.173. The minimum atomic E-state index is -2.02. The largest absolute Gasteiger partial charge is 0.456 e. The van der Waals surface area contributed by atoms with Crippen LogP contribution in [0, 0.1) is 11.8 Å². The molecule has 3 rings (SSSR count). The zero-order chi connectivity index (χ0) is 38.1. The van der Waals surface area contributed by atoms with Gasteiger partial charge in [-0.15, -0.1) is 11.3 Å². The fraction of sp³-hybridized carbons (Fsp3) is 0.743. The van der Waals surface area contributed by atoms with E-state index in [1.54, 1.807) is 32.9 Å². The van der Waals surface area contributed by atoms with Crippen LogP contribution in [0.2, 0.25) is 36.3 Å². The second kappa shape index (κ2) is 15.5. The van der Waals surface area contributed by atoms with Crippen LogP contribution in [-0.2, 0) is 32.7 Å². The number of rotatable bonds is 11. The predicted molar refractivity (Wildman–Crippen MR) is 197 cm³/mol. The van der Waals surface area contributed by atoms with Gasteiger partial charge in [0.25, 0.3) is 0 Å². The molecule has 2 saturated heterocycles. The number of ether oxygens (including phenoxy) is 2. The summed E-state index contributed by atoms with van der Waals surface area (Å²) in [5.41, 5.74) is -0.588. The predicted octanol–water partition coefficient (Wildman–Crippen LogP) is 6.83. The van der Waals surface area contributed by atoms with Gasteiger partial charge in [-0.05, 0) is 83.0 Å². The molecule has 6 atom stereocenters. The summed E-state index contributed by atoms with van der Waals surface area (Å²) in [7, 11) is -3.95. The summed E-state index contributed by atoms with van der Waals surface area (Å²) in [5.74, 6) is -1.85. The van der Waals surface area contributed by atoms with Crippen molar-refractivity contribution in [2.24, 2.45) is 11.8 Å². The first-order valence-electron chi connectivity index (χ1n) is 17.0. The smallest absolute Gasteiger partial charge is 0.348 e. The lowest BCUT2D eigenvalue weighted by Crippen LogP contribution is -2.65. The molecule has 0 unspecified atom stereocenters. The number of carbonyl (C=O) groups is 5. The minimum Gasteiger partial charge on any atom is -0.456 e. The van der Waals surface area contributed by atoms with Crippen LogP contribution in [0.5, 0.6) is 0 Å². The molecule has 0 saturated carbocycles. The standard InChI is InChI=1S/C22H35NO5SSi.C13H25NO4Si/c1-13(28-30(8,9)22(5,6)7)18-14(23-19(18)25)12-15(24)16-10-11-17(29-16)20(26)27-21(2,3)4;1-8(18-19(6,7)13(3,4)5)10-11(16)14-12(10)17-9(2)15/h10-11,13-14,18H,12H2,1-9H3,(H,23,25);8,10,12H,1-7H3,(H,14,16)/t13-,14-,18-;8-,10+,12-/m11/s1. The first-order chi connectivity index (χ1) is 22.0. The Morgan fingerprint density at radius 1 is 0.776 bits per heavy atom. The third-order valence-corrected chi connectivity index (χ3v) is 20.0. The van der Waals surface area contributed by atoms with Gasteiger partial charge in [-0.3, -0.25) is 19.2 Å². The molecule has 0 spiro atoms. The van der Waals surface area contributed by atoms with Gasteiger partial charge in [0.05, 0.1) is 29.0 Å². The number of ketones is 1. The monoisotopic (exact) mass is 740 g/mol. The van der Waals surface area contributed by atoms with Crippen molar-refractivity contribution < 1.29 is 42.3 Å². The van der Waals surface area contributed by atoms with Crippen molar-refractivity contribution in [2.75, 3.05) is 0 Å². The Bertz CT molecular complexity index is 1390. The zero-order valence-electron chi connectivity index (χ0n) is 32.4. The molecule has 0 bridgehead atoms. The lowest BCUT2D eigenvalue weighted by Gasteiger charge is -2.45. The van der Waals surface area contributed by atoms with Crippen LogP contribution in [0.25, 0.3) is 0 Å². The number of Topliss-reactive ketones (excluding diaryl/α,β-unsaturated/α-hetero) is 1. The fourth-order valence-electron chi connectivity index (χ4n) is 4.94. The highest BCUT2D eigenvalue weighted by atomic mass is 32.1. The van der Waals surface area contributed by atoms with Gasteiger partial charge in [-0.25, -0.2) is 4.79 Å². The van der Waals surface area contributed by atoms with Crippen molar-refractivity contribution in [3.63, 3.8) is 0 Å². The van der Waals surface area contributed by atoms with E-state index in [4.69, 9.17) is 18.3 Å². The van der Waals surface area contributed by atoms with Crippen molar-refractivity contribution in [3.8, 4) is 0 Å². The zero-order valence-corrected chi connectivity index (χ0v) is 35.2. The molecule has 2 amide bonds. The second-order valence-electron chi connectivity index (χ2n) is 17.2. The maximum absolute atomic E-state index is 12.8. The number of thiophene rings is 1. The molecule has 49 heavy (non-hydrogen) atoms. The van der Waals surface area contributed by atoms with Gasteiger partial charge < -0.3 is 29.0 Å². The Balaban J connectivity index is 0.000000377. The SMILES string of the molecule is CC(=O)O[C@H]1NC(=O)[C@@H]1[C@@H](C)O[Si](C)(C)C(C)(C)C.C[C@@H](O[Si](C)(C)C(C)(C)C)[C@H]1C(=O)N[C@@H]1CC(=O)c1ccc(C(=O)OC(C)(C)C)s1. The molecule has 11 nitrogen and oxygen atoms in total. The lowest BCUT2D eigenvalue weighted by atomic mass is 9.83. The molecule has 2 aliphatic heterocycles. The molecular weight excluding hydrogens is 681 g/mol. The van der Waals surface area contributed by atoms with Gasteiger partial charge in [0.1, 0.15) is 16.4 Å². The number of β-lactam (4-membered cyclic amide) rings is 2. The maximum atomic E-state index is 12.8. The third kappa shape index (κ3) is 11.3. The molecular formula is C35H60N2O9SSi2. The van der Waals surface area contributed by atoms with Crippen molar-refractivity contribution >= 4 is 57.5 Å². The summed E-state index contributed by atoms with van der Waals surface area (Å²) in [6.45, 7) is 32.1. The van der Waals surface area contributed by atoms with E-state index >= 15 is 0 Å². The molecule has 14 heteroatoms. The minimum absolute atomic E-state index is 0.0435. The van der Waals surface area contributed by atoms with Gasteiger partial charge in [0, 0.05) is 13.3 Å². The molecule has 0 aromatic carbocycles. The number of hydrogen-bond acceptors (Lipinski definition) is 10. The van der Waals surface area contributed by atoms with Crippen molar-refractivity contribution in [3.05, 3.63) is 21.9 Å². The van der Waals surface area contributed by atoms with Gasteiger partial charge in [-0.2, -0.15) is 0 Å². The van der Waals surface area contributed by atoms with Crippen LogP contribution < -0.4 is 10.6 Å². The summed E-state index contributed by atoms with van der Waals surface area (Å²) in [4.78, 5) is 60.7. The molecule has 1 aromatic rings. The maximum Gasteiger partial charge on any atom is 0.348 e. The van der Waals surface area contributed by atoms with Crippen LogP contribution >= 0.6 is 11.3 Å². The molecule has 0 aliphatic carbocycles. The molecule has 2 N–H and O–H groups in total. The van der Waals surface area contributed by atoms with Gasteiger partial charge >= 0.3 is 11.9 Å². The Labute approximate surface area is 299 Å². The van der Waals surface area contributed by atoms with Crippen molar-refractivity contribution in [1.29, 1.82) is 0 Å². The Morgan fingerprint density at radius 2 is 1.22 bits per heavy atom. The Hall–Kier alpha value is -2.40. The van der Waals surface area contributed by atoms with E-state index in [0.29, 0.717) is 9.75 Å². The van der Waals surface area contributed by atoms with Crippen LogP contribution in [0.3, 0.4) is 0 Å². The molecule has 2 fully saturated rings. The van der Waals surface area contributed by atoms with E-state index in [0.717, 1.165) is 11.3 Å². The Morgan fingerprint density at radius 3 is 1.63 bits per heavy atom. The Kier molecular flexibility index (Phi) is 13.5. The first kappa shape index (κ1) is 42.8. The summed E-state index contributed by atoms with van der Waals surface area (Å²) in [6, 6.07) is 3.01. The quantitative estimate of drug-likeness (QED) is 0.108. The van der Waals surface area contributed by atoms with E-state index in [1.165, 1.54) is 6.92 Å². The molecule has 0 radical (unpaired) electrons. The van der Waals surface area contributed by atoms with Crippen molar-refractivity contribution in [2.45, 2.75) is 156 Å². The van der Waals surface area contributed by atoms with E-state index < -0.39 is 46.3 Å². The highest BCUT2D eigenvalue weighted by Gasteiger charge is 2.50. The second-order valence-corrected chi connectivity index (χ2v) is 27.8. The molecule has 3 heterocycles. The highest BCUT2D eigenvalue weighted by Crippen LogP contribution is 2.40. The van der Waals surface area contributed by atoms with Crippen LogP contribution in [0.1, 0.15) is 109 Å². The van der Waals surface area contributed by atoms with Crippen molar-refractivity contribution in [1.82, 2.24) is 10.6 Å². The fourth-order valence-corrected chi connectivity index (χ4v) is 8.63. The summed E-state index contributed by atoms with van der Waals surface area (Å²) >= 11 is 1.13. The van der Waals surface area contributed by atoms with Gasteiger partial charge in [-0.1, -0.05) is 41.5 Å². The van der Waals surface area contributed by atoms with E-state index in [2.05, 4.69) is 78.4 Å².